The largest absolute Gasteiger partial charge is 0.462 e. The van der Waals surface area contributed by atoms with Gasteiger partial charge < -0.3 is 29.2 Å². The van der Waals surface area contributed by atoms with Gasteiger partial charge in [-0.05, 0) is 11.8 Å². The van der Waals surface area contributed by atoms with E-state index in [1.54, 1.807) is 0 Å². The summed E-state index contributed by atoms with van der Waals surface area (Å²) in [5.74, 6) is -3.34. The molecule has 32 heavy (non-hydrogen) atoms. The first kappa shape index (κ1) is 26.4. The minimum Gasteiger partial charge on any atom is -0.462 e. The van der Waals surface area contributed by atoms with Gasteiger partial charge in [0.1, 0.15) is 23.9 Å². The van der Waals surface area contributed by atoms with Crippen molar-refractivity contribution in [2.24, 2.45) is 17.8 Å². The van der Waals surface area contributed by atoms with Gasteiger partial charge in [-0.3, -0.25) is 14.4 Å². The standard InChI is InChI=1S/C22H33ClO9/c1-12(2)6-17(25)29-9-15-10-30-20(32-18(26)7-13(3)4)19-21(15,27)8-16(31-14(5)24)22(19,28)11-23/h10,12-13,16,19-20,27-28H,6-9,11H2,1-5H3/t16?,19?,20?,21?,22-/m1/s1. The van der Waals surface area contributed by atoms with E-state index in [4.69, 9.17) is 30.5 Å². The Bertz CT molecular complexity index is 750. The zero-order valence-electron chi connectivity index (χ0n) is 19.1. The first-order chi connectivity index (χ1) is 14.8. The minimum absolute atomic E-state index is 0.0146. The number of aliphatic hydroxyl groups is 2. The molecule has 9 nitrogen and oxygen atoms in total. The molecular weight excluding hydrogens is 444 g/mol. The number of carbonyl (C=O) groups is 3. The molecular formula is C22H33ClO9. The van der Waals surface area contributed by atoms with Crippen LogP contribution in [0.15, 0.2) is 11.8 Å². The Morgan fingerprint density at radius 3 is 2.25 bits per heavy atom. The Kier molecular flexibility index (Phi) is 8.58. The normalized spacial score (nSPS) is 31.6. The Labute approximate surface area is 193 Å². The van der Waals surface area contributed by atoms with Crippen molar-refractivity contribution < 1.29 is 43.5 Å². The molecule has 1 heterocycles. The summed E-state index contributed by atoms with van der Waals surface area (Å²) in [6.45, 7) is 8.27. The van der Waals surface area contributed by atoms with Crippen molar-refractivity contribution in [1.29, 1.82) is 0 Å². The van der Waals surface area contributed by atoms with Gasteiger partial charge in [0.15, 0.2) is 0 Å². The van der Waals surface area contributed by atoms with Gasteiger partial charge in [-0.25, -0.2) is 0 Å². The van der Waals surface area contributed by atoms with Gasteiger partial charge in [0.25, 0.3) is 6.29 Å². The molecule has 2 N–H and O–H groups in total. The molecule has 1 aliphatic carbocycles. The lowest BCUT2D eigenvalue weighted by Crippen LogP contribution is -2.58. The van der Waals surface area contributed by atoms with Gasteiger partial charge in [0.2, 0.25) is 0 Å². The second-order valence-electron chi connectivity index (χ2n) is 9.32. The Balaban J connectivity index is 2.37. The van der Waals surface area contributed by atoms with Gasteiger partial charge in [-0.1, -0.05) is 27.7 Å². The zero-order chi connectivity index (χ0) is 24.3. The molecule has 2 rings (SSSR count). The summed E-state index contributed by atoms with van der Waals surface area (Å²) < 4.78 is 21.5. The van der Waals surface area contributed by atoms with Gasteiger partial charge in [0, 0.05) is 31.8 Å². The number of hydrogen-bond donors (Lipinski definition) is 2. The predicted octanol–water partition coefficient (Wildman–Crippen LogP) is 2.06. The Morgan fingerprint density at radius 1 is 1.12 bits per heavy atom. The summed E-state index contributed by atoms with van der Waals surface area (Å²) in [5.41, 5.74) is -3.68. The topological polar surface area (TPSA) is 129 Å². The lowest BCUT2D eigenvalue weighted by atomic mass is 9.77. The summed E-state index contributed by atoms with van der Waals surface area (Å²) in [6, 6.07) is 0. The van der Waals surface area contributed by atoms with Crippen molar-refractivity contribution >= 4 is 29.5 Å². The van der Waals surface area contributed by atoms with Crippen LogP contribution >= 0.6 is 11.6 Å². The summed E-state index contributed by atoms with van der Waals surface area (Å²) in [5, 5.41) is 23.0. The van der Waals surface area contributed by atoms with Crippen LogP contribution in [0, 0.1) is 17.8 Å². The molecule has 5 atom stereocenters. The fourth-order valence-corrected chi connectivity index (χ4v) is 4.49. The lowest BCUT2D eigenvalue weighted by Gasteiger charge is -2.43. The maximum Gasteiger partial charge on any atom is 0.309 e. The Morgan fingerprint density at radius 2 is 1.72 bits per heavy atom. The number of carbonyl (C=O) groups excluding carboxylic acids is 3. The van der Waals surface area contributed by atoms with Crippen LogP contribution in [0.5, 0.6) is 0 Å². The molecule has 0 spiro atoms. The van der Waals surface area contributed by atoms with Crippen molar-refractivity contribution in [2.45, 2.75) is 77.5 Å². The maximum atomic E-state index is 12.3. The van der Waals surface area contributed by atoms with Gasteiger partial charge >= 0.3 is 17.9 Å². The van der Waals surface area contributed by atoms with Gasteiger partial charge in [-0.2, -0.15) is 0 Å². The number of ether oxygens (including phenoxy) is 4. The van der Waals surface area contributed by atoms with Crippen LogP contribution < -0.4 is 0 Å². The second-order valence-corrected chi connectivity index (χ2v) is 9.59. The van der Waals surface area contributed by atoms with Crippen molar-refractivity contribution in [3.8, 4) is 0 Å². The number of alkyl halides is 1. The average molecular weight is 477 g/mol. The molecule has 0 bridgehead atoms. The first-order valence-corrected chi connectivity index (χ1v) is 11.2. The number of esters is 3. The highest BCUT2D eigenvalue weighted by atomic mass is 35.5. The summed E-state index contributed by atoms with van der Waals surface area (Å²) in [6.07, 6.45) is -1.37. The van der Waals surface area contributed by atoms with Gasteiger partial charge in [0.05, 0.1) is 18.1 Å². The molecule has 1 aliphatic heterocycles. The number of hydrogen-bond acceptors (Lipinski definition) is 9. The van der Waals surface area contributed by atoms with Crippen LogP contribution in [0.3, 0.4) is 0 Å². The molecule has 0 aromatic carbocycles. The van der Waals surface area contributed by atoms with Crippen LogP contribution in [-0.4, -0.2) is 64.2 Å². The molecule has 0 amide bonds. The molecule has 182 valence electrons. The third kappa shape index (κ3) is 5.74. The average Bonchev–Trinajstić information content (AvgIpc) is 2.87. The molecule has 0 radical (unpaired) electrons. The van der Waals surface area contributed by atoms with E-state index in [0.29, 0.717) is 0 Å². The van der Waals surface area contributed by atoms with Crippen LogP contribution in [0.2, 0.25) is 0 Å². The van der Waals surface area contributed by atoms with Crippen LogP contribution in [0.4, 0.5) is 0 Å². The van der Waals surface area contributed by atoms with E-state index in [1.165, 1.54) is 6.92 Å². The number of fused-ring (bicyclic) bond motifs is 1. The predicted molar refractivity (Wildman–Crippen MR) is 113 cm³/mol. The quantitative estimate of drug-likeness (QED) is 0.292. The van der Waals surface area contributed by atoms with Crippen LogP contribution in [0.1, 0.15) is 53.9 Å². The van der Waals surface area contributed by atoms with Crippen LogP contribution in [0.25, 0.3) is 0 Å². The molecule has 4 unspecified atom stereocenters. The van der Waals surface area contributed by atoms with Crippen LogP contribution in [-0.2, 0) is 33.3 Å². The van der Waals surface area contributed by atoms with E-state index in [1.807, 2.05) is 27.7 Å². The highest BCUT2D eigenvalue weighted by Gasteiger charge is 2.69. The molecule has 0 saturated heterocycles. The molecule has 10 heteroatoms. The van der Waals surface area contributed by atoms with E-state index < -0.39 is 53.3 Å². The monoisotopic (exact) mass is 476 g/mol. The maximum absolute atomic E-state index is 12.3. The van der Waals surface area contributed by atoms with Gasteiger partial charge in [-0.15, -0.1) is 11.6 Å². The van der Waals surface area contributed by atoms with Crippen molar-refractivity contribution in [3.63, 3.8) is 0 Å². The SMILES string of the molecule is CC(=O)OC1CC2(O)C(COC(=O)CC(C)C)=COC(OC(=O)CC(C)C)C2[C@@]1(O)CCl. The summed E-state index contributed by atoms with van der Waals surface area (Å²) in [4.78, 5) is 36.0. The summed E-state index contributed by atoms with van der Waals surface area (Å²) in [7, 11) is 0. The first-order valence-electron chi connectivity index (χ1n) is 10.7. The molecule has 2 aliphatic rings. The second kappa shape index (κ2) is 10.4. The molecule has 1 saturated carbocycles. The third-order valence-corrected chi connectivity index (χ3v) is 6.02. The fourth-order valence-electron chi connectivity index (χ4n) is 4.15. The zero-order valence-corrected chi connectivity index (χ0v) is 19.9. The minimum atomic E-state index is -1.97. The summed E-state index contributed by atoms with van der Waals surface area (Å²) >= 11 is 6.07. The van der Waals surface area contributed by atoms with E-state index in [9.17, 15) is 24.6 Å². The van der Waals surface area contributed by atoms with E-state index in [0.717, 1.165) is 6.26 Å². The highest BCUT2D eigenvalue weighted by molar-refractivity contribution is 6.18. The molecule has 0 aromatic heterocycles. The number of halogens is 1. The highest BCUT2D eigenvalue weighted by Crippen LogP contribution is 2.53. The van der Waals surface area contributed by atoms with E-state index in [2.05, 4.69) is 0 Å². The molecule has 1 fully saturated rings. The smallest absolute Gasteiger partial charge is 0.309 e. The lowest BCUT2D eigenvalue weighted by molar-refractivity contribution is -0.228. The van der Waals surface area contributed by atoms with E-state index in [-0.39, 0.29) is 43.3 Å². The van der Waals surface area contributed by atoms with E-state index >= 15 is 0 Å². The number of rotatable bonds is 9. The fraction of sp³-hybridized carbons (Fsp3) is 0.773. The van der Waals surface area contributed by atoms with Crippen molar-refractivity contribution in [2.75, 3.05) is 12.5 Å². The van der Waals surface area contributed by atoms with Crippen molar-refractivity contribution in [1.82, 2.24) is 0 Å². The Hall–Kier alpha value is -1.84. The molecule has 0 aromatic rings. The van der Waals surface area contributed by atoms with Crippen molar-refractivity contribution in [3.05, 3.63) is 11.8 Å². The third-order valence-electron chi connectivity index (χ3n) is 5.59.